The first-order valence-electron chi connectivity index (χ1n) is 5.56. The minimum absolute atomic E-state index is 0.285. The van der Waals surface area contributed by atoms with Gasteiger partial charge in [0, 0.05) is 11.0 Å². The molecule has 0 atom stereocenters. The Morgan fingerprint density at radius 2 is 1.78 bits per heavy atom. The van der Waals surface area contributed by atoms with Gasteiger partial charge in [0.25, 0.3) is 0 Å². The van der Waals surface area contributed by atoms with Crippen molar-refractivity contribution in [2.24, 2.45) is 0 Å². The first-order valence-corrected chi connectivity index (χ1v) is 5.56. The number of halogens is 1. The predicted molar refractivity (Wildman–Crippen MR) is 72.0 cm³/mol. The monoisotopic (exact) mass is 236 g/mol. The average molecular weight is 236 g/mol. The SMILES string of the molecule is [B]C([B])(O)c1cccc(-c2cccc(C)c2F)c1. The molecular formula is C14H11B2FO. The van der Waals surface area contributed by atoms with Gasteiger partial charge in [-0.25, -0.2) is 4.39 Å². The summed E-state index contributed by atoms with van der Waals surface area (Å²) in [5, 5.41) is 7.63. The highest BCUT2D eigenvalue weighted by molar-refractivity contribution is 6.38. The highest BCUT2D eigenvalue weighted by Crippen LogP contribution is 2.27. The normalized spacial score (nSPS) is 11.5. The van der Waals surface area contributed by atoms with Gasteiger partial charge in [0.05, 0.1) is 0 Å². The lowest BCUT2D eigenvalue weighted by atomic mass is 9.61. The maximum absolute atomic E-state index is 14.0. The molecule has 0 aliphatic rings. The number of hydrogen-bond acceptors (Lipinski definition) is 1. The van der Waals surface area contributed by atoms with Crippen molar-refractivity contribution in [3.63, 3.8) is 0 Å². The van der Waals surface area contributed by atoms with E-state index in [1.807, 2.05) is 0 Å². The number of rotatable bonds is 2. The van der Waals surface area contributed by atoms with Crippen molar-refractivity contribution in [1.82, 2.24) is 0 Å². The van der Waals surface area contributed by atoms with Gasteiger partial charge in [-0.3, -0.25) is 0 Å². The Hall–Kier alpha value is -1.54. The molecule has 0 amide bonds. The Morgan fingerprint density at radius 1 is 1.11 bits per heavy atom. The third-order valence-corrected chi connectivity index (χ3v) is 2.83. The molecule has 0 saturated carbocycles. The number of aryl methyl sites for hydroxylation is 1. The second kappa shape index (κ2) is 4.62. The minimum Gasteiger partial charge on any atom is -0.405 e. The Balaban J connectivity index is 2.55. The van der Waals surface area contributed by atoms with Crippen LogP contribution in [0, 0.1) is 12.7 Å². The second-order valence-corrected chi connectivity index (χ2v) is 4.34. The molecule has 86 valence electrons. The lowest BCUT2D eigenvalue weighted by Gasteiger charge is -2.20. The molecule has 2 aromatic rings. The lowest BCUT2D eigenvalue weighted by Crippen LogP contribution is -2.25. The van der Waals surface area contributed by atoms with Gasteiger partial charge in [-0.05, 0) is 29.7 Å². The van der Waals surface area contributed by atoms with Gasteiger partial charge in [-0.1, -0.05) is 36.4 Å². The van der Waals surface area contributed by atoms with Crippen molar-refractivity contribution < 1.29 is 9.50 Å². The van der Waals surface area contributed by atoms with Gasteiger partial charge in [-0.15, -0.1) is 0 Å². The van der Waals surface area contributed by atoms with Crippen LogP contribution < -0.4 is 0 Å². The molecule has 0 bridgehead atoms. The summed E-state index contributed by atoms with van der Waals surface area (Å²) in [4.78, 5) is 0. The lowest BCUT2D eigenvalue weighted by molar-refractivity contribution is 0.217. The Morgan fingerprint density at radius 3 is 2.44 bits per heavy atom. The highest BCUT2D eigenvalue weighted by atomic mass is 19.1. The van der Waals surface area contributed by atoms with Gasteiger partial charge in [0.1, 0.15) is 21.5 Å². The fourth-order valence-electron chi connectivity index (χ4n) is 1.81. The summed E-state index contributed by atoms with van der Waals surface area (Å²) < 4.78 is 14.0. The molecule has 4 radical (unpaired) electrons. The zero-order valence-corrected chi connectivity index (χ0v) is 10.0. The van der Waals surface area contributed by atoms with Crippen molar-refractivity contribution in [3.8, 4) is 11.1 Å². The van der Waals surface area contributed by atoms with E-state index in [-0.39, 0.29) is 5.82 Å². The van der Waals surface area contributed by atoms with Crippen molar-refractivity contribution in [3.05, 3.63) is 59.4 Å². The fourth-order valence-corrected chi connectivity index (χ4v) is 1.81. The molecule has 4 heteroatoms. The summed E-state index contributed by atoms with van der Waals surface area (Å²) >= 11 is 0. The molecule has 0 unspecified atom stereocenters. The molecule has 1 N–H and O–H groups in total. The molecule has 0 heterocycles. The highest BCUT2D eigenvalue weighted by Gasteiger charge is 2.16. The molecular weight excluding hydrogens is 225 g/mol. The van der Waals surface area contributed by atoms with Crippen LogP contribution in [0.3, 0.4) is 0 Å². The van der Waals surface area contributed by atoms with E-state index in [2.05, 4.69) is 0 Å². The summed E-state index contributed by atoms with van der Waals surface area (Å²) in [5.74, 6) is -0.285. The second-order valence-electron chi connectivity index (χ2n) is 4.34. The van der Waals surface area contributed by atoms with Crippen LogP contribution in [0.1, 0.15) is 11.1 Å². The zero-order valence-electron chi connectivity index (χ0n) is 10.0. The van der Waals surface area contributed by atoms with Crippen LogP contribution in [0.5, 0.6) is 0 Å². The van der Waals surface area contributed by atoms with E-state index in [4.69, 9.17) is 15.7 Å². The maximum atomic E-state index is 14.0. The van der Waals surface area contributed by atoms with Gasteiger partial charge in [-0.2, -0.15) is 0 Å². The first kappa shape index (κ1) is 12.9. The third kappa shape index (κ3) is 2.49. The van der Waals surface area contributed by atoms with Crippen LogP contribution in [0.15, 0.2) is 42.5 Å². The van der Waals surface area contributed by atoms with Crippen LogP contribution in [-0.4, -0.2) is 20.8 Å². The molecule has 0 aliphatic carbocycles. The largest absolute Gasteiger partial charge is 0.405 e. The van der Waals surface area contributed by atoms with E-state index in [0.717, 1.165) is 0 Å². The van der Waals surface area contributed by atoms with Gasteiger partial charge >= 0.3 is 0 Å². The molecule has 18 heavy (non-hydrogen) atoms. The topological polar surface area (TPSA) is 20.2 Å². The molecule has 2 rings (SSSR count). The minimum atomic E-state index is -1.92. The van der Waals surface area contributed by atoms with E-state index < -0.39 is 5.40 Å². The standard InChI is InChI=1S/C14H11B2FO/c1-9-4-2-7-12(13(9)17)10-5-3-6-11(8-10)14(15,16)18/h2-8,18H,1H3. The van der Waals surface area contributed by atoms with Crippen LogP contribution in [0.4, 0.5) is 4.39 Å². The summed E-state index contributed by atoms with van der Waals surface area (Å²) in [5.41, 5.74) is 1.98. The Kier molecular flexibility index (Phi) is 3.31. The van der Waals surface area contributed by atoms with Crippen LogP contribution in [0.25, 0.3) is 11.1 Å². The summed E-state index contributed by atoms with van der Waals surface area (Å²) in [6.45, 7) is 1.70. The van der Waals surface area contributed by atoms with Crippen molar-refractivity contribution >= 4 is 15.7 Å². The first-order chi connectivity index (χ1) is 8.39. The van der Waals surface area contributed by atoms with Gasteiger partial charge in [0.2, 0.25) is 0 Å². The van der Waals surface area contributed by atoms with E-state index in [0.29, 0.717) is 22.3 Å². The van der Waals surface area contributed by atoms with Gasteiger partial charge in [0.15, 0.2) is 0 Å². The van der Waals surface area contributed by atoms with Gasteiger partial charge < -0.3 is 5.11 Å². The fraction of sp³-hybridized carbons (Fsp3) is 0.143. The third-order valence-electron chi connectivity index (χ3n) is 2.83. The van der Waals surface area contributed by atoms with Crippen LogP contribution >= 0.6 is 0 Å². The van der Waals surface area contributed by atoms with Crippen molar-refractivity contribution in [1.29, 1.82) is 0 Å². The van der Waals surface area contributed by atoms with E-state index in [1.54, 1.807) is 49.4 Å². The van der Waals surface area contributed by atoms with Crippen molar-refractivity contribution in [2.45, 2.75) is 12.3 Å². The molecule has 0 fully saturated rings. The Bertz CT molecular complexity index is 576. The van der Waals surface area contributed by atoms with Crippen LogP contribution in [0.2, 0.25) is 0 Å². The smallest absolute Gasteiger partial charge is 0.133 e. The maximum Gasteiger partial charge on any atom is 0.133 e. The number of benzene rings is 2. The molecule has 0 saturated heterocycles. The van der Waals surface area contributed by atoms with E-state index >= 15 is 0 Å². The predicted octanol–water partition coefficient (Wildman–Crippen LogP) is 2.24. The average Bonchev–Trinajstić information content (AvgIpc) is 2.32. The van der Waals surface area contributed by atoms with E-state index in [1.165, 1.54) is 0 Å². The molecule has 0 aromatic heterocycles. The molecule has 0 aliphatic heterocycles. The van der Waals surface area contributed by atoms with E-state index in [9.17, 15) is 9.50 Å². The zero-order chi connectivity index (χ0) is 13.3. The Labute approximate surface area is 108 Å². The quantitative estimate of drug-likeness (QED) is 0.792. The number of aliphatic hydroxyl groups is 1. The molecule has 0 spiro atoms. The van der Waals surface area contributed by atoms with Crippen LogP contribution in [-0.2, 0) is 5.40 Å². The summed E-state index contributed by atoms with van der Waals surface area (Å²) in [7, 11) is 10.8. The summed E-state index contributed by atoms with van der Waals surface area (Å²) in [6, 6.07) is 11.7. The summed E-state index contributed by atoms with van der Waals surface area (Å²) in [6.07, 6.45) is 0. The van der Waals surface area contributed by atoms with Crippen molar-refractivity contribution in [2.75, 3.05) is 0 Å². The molecule has 1 nitrogen and oxygen atoms in total. The number of hydrogen-bond donors (Lipinski definition) is 1. The molecule has 2 aromatic carbocycles.